The minimum Gasteiger partial charge on any atom is -0.465 e. The first-order valence-corrected chi connectivity index (χ1v) is 7.83. The summed E-state index contributed by atoms with van der Waals surface area (Å²) in [6.45, 7) is 3.84. The van der Waals surface area contributed by atoms with Crippen molar-refractivity contribution in [2.75, 3.05) is 40.8 Å². The fourth-order valence-electron chi connectivity index (χ4n) is 2.98. The summed E-state index contributed by atoms with van der Waals surface area (Å²) in [6.07, 6.45) is 1.08. The van der Waals surface area contributed by atoms with E-state index in [-0.39, 0.29) is 17.9 Å². The second-order valence-corrected chi connectivity index (χ2v) is 6.12. The van der Waals surface area contributed by atoms with Crippen molar-refractivity contribution in [1.29, 1.82) is 0 Å². The third kappa shape index (κ3) is 5.14. The Morgan fingerprint density at radius 3 is 2.68 bits per heavy atom. The monoisotopic (exact) mass is 315 g/mol. The molecule has 0 radical (unpaired) electrons. The van der Waals surface area contributed by atoms with E-state index in [1.54, 1.807) is 14.0 Å². The van der Waals surface area contributed by atoms with Crippen LogP contribution in [0.1, 0.15) is 26.2 Å². The number of ether oxygens (including phenoxy) is 1. The van der Waals surface area contributed by atoms with Crippen LogP contribution in [0.2, 0.25) is 0 Å². The van der Waals surface area contributed by atoms with Crippen LogP contribution in [0.5, 0.6) is 0 Å². The Hall–Kier alpha value is -1.34. The summed E-state index contributed by atoms with van der Waals surface area (Å²) in [6, 6.07) is -0.245. The van der Waals surface area contributed by atoms with Crippen LogP contribution in [-0.2, 0) is 9.53 Å². The van der Waals surface area contributed by atoms with Crippen LogP contribution in [0.15, 0.2) is 0 Å². The lowest BCUT2D eigenvalue weighted by atomic mass is 9.95. The molecule has 1 saturated heterocycles. The second-order valence-electron chi connectivity index (χ2n) is 6.12. The van der Waals surface area contributed by atoms with E-state index in [1.807, 2.05) is 14.1 Å². The molecule has 128 valence electrons. The van der Waals surface area contributed by atoms with Crippen molar-refractivity contribution in [1.82, 2.24) is 15.1 Å². The Kier molecular flexibility index (Phi) is 7.61. The molecule has 0 aromatic carbocycles. The summed E-state index contributed by atoms with van der Waals surface area (Å²) in [7, 11) is 5.52. The molecule has 0 aromatic heterocycles. The highest BCUT2D eigenvalue weighted by atomic mass is 16.5. The first kappa shape index (κ1) is 18.7. The summed E-state index contributed by atoms with van der Waals surface area (Å²) in [4.78, 5) is 27.0. The van der Waals surface area contributed by atoms with Gasteiger partial charge >= 0.3 is 6.09 Å². The molecule has 0 aliphatic carbocycles. The number of nitrogens with zero attached hydrogens (tertiary/aromatic N) is 2. The predicted octanol–water partition coefficient (Wildman–Crippen LogP) is 0.848. The Balaban J connectivity index is 2.54. The SMILES string of the molecule is CO[C@H](C(C)C(=O)NCCCN(C)C)[C@@H]1CCCN1C(=O)O. The van der Waals surface area contributed by atoms with Crippen molar-refractivity contribution >= 4 is 12.0 Å². The van der Waals surface area contributed by atoms with E-state index < -0.39 is 12.2 Å². The van der Waals surface area contributed by atoms with Crippen LogP contribution in [0.25, 0.3) is 0 Å². The standard InChI is InChI=1S/C15H29N3O4/c1-11(14(19)16-8-6-9-17(2)3)13(22-4)12-7-5-10-18(12)15(20)21/h11-13H,5-10H2,1-4H3,(H,16,19)(H,20,21)/t11?,12-,13+/m0/s1. The second kappa shape index (κ2) is 8.95. The van der Waals surface area contributed by atoms with E-state index in [1.165, 1.54) is 4.90 Å². The Labute approximate surface area is 132 Å². The van der Waals surface area contributed by atoms with Gasteiger partial charge in [0.1, 0.15) is 0 Å². The maximum atomic E-state index is 12.3. The minimum atomic E-state index is -0.942. The molecule has 7 nitrogen and oxygen atoms in total. The van der Waals surface area contributed by atoms with E-state index in [2.05, 4.69) is 10.2 Å². The first-order valence-electron chi connectivity index (χ1n) is 7.83. The molecule has 1 aliphatic rings. The molecular weight excluding hydrogens is 286 g/mol. The summed E-state index contributed by atoms with van der Waals surface area (Å²) >= 11 is 0. The van der Waals surface area contributed by atoms with Gasteiger partial charge in [0.2, 0.25) is 5.91 Å². The van der Waals surface area contributed by atoms with Crippen LogP contribution in [0.4, 0.5) is 4.79 Å². The normalized spacial score (nSPS) is 21.0. The van der Waals surface area contributed by atoms with Gasteiger partial charge in [0.25, 0.3) is 0 Å². The summed E-state index contributed by atoms with van der Waals surface area (Å²) in [5.74, 6) is -0.461. The summed E-state index contributed by atoms with van der Waals surface area (Å²) in [5, 5.41) is 12.1. The van der Waals surface area contributed by atoms with Gasteiger partial charge in [-0.1, -0.05) is 6.92 Å². The van der Waals surface area contributed by atoms with E-state index in [0.717, 1.165) is 25.8 Å². The average molecular weight is 315 g/mol. The molecule has 0 aromatic rings. The number of carbonyl (C=O) groups excluding carboxylic acids is 1. The average Bonchev–Trinajstić information content (AvgIpc) is 2.93. The largest absolute Gasteiger partial charge is 0.465 e. The third-order valence-corrected chi connectivity index (χ3v) is 4.18. The molecule has 1 unspecified atom stereocenters. The molecule has 1 aliphatic heterocycles. The van der Waals surface area contributed by atoms with Gasteiger partial charge < -0.3 is 25.0 Å². The van der Waals surface area contributed by atoms with Crippen LogP contribution in [0, 0.1) is 5.92 Å². The van der Waals surface area contributed by atoms with Gasteiger partial charge in [-0.2, -0.15) is 0 Å². The van der Waals surface area contributed by atoms with Gasteiger partial charge in [0.05, 0.1) is 18.1 Å². The molecule has 2 amide bonds. The lowest BCUT2D eigenvalue weighted by Gasteiger charge is -2.32. The minimum absolute atomic E-state index is 0.0807. The number of nitrogens with one attached hydrogen (secondary N) is 1. The Morgan fingerprint density at radius 2 is 2.14 bits per heavy atom. The number of carboxylic acid groups (broad SMARTS) is 1. The Bertz CT molecular complexity index is 376. The van der Waals surface area contributed by atoms with Crippen LogP contribution in [-0.4, -0.2) is 79.9 Å². The van der Waals surface area contributed by atoms with Crippen molar-refractivity contribution in [3.05, 3.63) is 0 Å². The van der Waals surface area contributed by atoms with Gasteiger partial charge in [-0.05, 0) is 39.9 Å². The number of rotatable bonds is 8. The molecule has 0 saturated carbocycles. The molecule has 0 bridgehead atoms. The van der Waals surface area contributed by atoms with Crippen molar-refractivity contribution in [2.24, 2.45) is 5.92 Å². The number of methoxy groups -OCH3 is 1. The van der Waals surface area contributed by atoms with Crippen molar-refractivity contribution < 1.29 is 19.4 Å². The maximum Gasteiger partial charge on any atom is 0.407 e. The smallest absolute Gasteiger partial charge is 0.407 e. The molecule has 0 spiro atoms. The van der Waals surface area contributed by atoms with Crippen LogP contribution >= 0.6 is 0 Å². The van der Waals surface area contributed by atoms with Crippen molar-refractivity contribution in [2.45, 2.75) is 38.3 Å². The van der Waals surface area contributed by atoms with Gasteiger partial charge in [-0.15, -0.1) is 0 Å². The lowest BCUT2D eigenvalue weighted by molar-refractivity contribution is -0.130. The number of likely N-dealkylation sites (tertiary alicyclic amines) is 1. The molecule has 1 rings (SSSR count). The number of hydrogen-bond donors (Lipinski definition) is 2. The molecule has 1 fully saturated rings. The predicted molar refractivity (Wildman–Crippen MR) is 83.9 cm³/mol. The highest BCUT2D eigenvalue weighted by Crippen LogP contribution is 2.26. The fraction of sp³-hybridized carbons (Fsp3) is 0.867. The quantitative estimate of drug-likeness (QED) is 0.649. The Morgan fingerprint density at radius 1 is 1.45 bits per heavy atom. The topological polar surface area (TPSA) is 82.1 Å². The molecule has 1 heterocycles. The van der Waals surface area contributed by atoms with Gasteiger partial charge in [0.15, 0.2) is 0 Å². The summed E-state index contributed by atoms with van der Waals surface area (Å²) < 4.78 is 5.47. The third-order valence-electron chi connectivity index (χ3n) is 4.18. The number of amides is 2. The van der Waals surface area contributed by atoms with Crippen LogP contribution < -0.4 is 5.32 Å². The van der Waals surface area contributed by atoms with Gasteiger partial charge in [0, 0.05) is 20.2 Å². The first-order chi connectivity index (χ1) is 10.4. The number of hydrogen-bond acceptors (Lipinski definition) is 4. The molecule has 3 atom stereocenters. The molecule has 2 N–H and O–H groups in total. The van der Waals surface area contributed by atoms with Gasteiger partial charge in [-0.3, -0.25) is 4.79 Å². The van der Waals surface area contributed by atoms with Gasteiger partial charge in [-0.25, -0.2) is 4.79 Å². The molecular formula is C15H29N3O4. The van der Waals surface area contributed by atoms with Crippen LogP contribution in [0.3, 0.4) is 0 Å². The van der Waals surface area contributed by atoms with E-state index >= 15 is 0 Å². The highest BCUT2D eigenvalue weighted by molar-refractivity contribution is 5.79. The highest BCUT2D eigenvalue weighted by Gasteiger charge is 2.39. The zero-order valence-electron chi connectivity index (χ0n) is 14.0. The maximum absolute atomic E-state index is 12.3. The van der Waals surface area contributed by atoms with E-state index in [4.69, 9.17) is 4.74 Å². The zero-order valence-corrected chi connectivity index (χ0v) is 14.0. The van der Waals surface area contributed by atoms with Crippen molar-refractivity contribution in [3.63, 3.8) is 0 Å². The fourth-order valence-corrected chi connectivity index (χ4v) is 2.98. The molecule has 7 heteroatoms. The lowest BCUT2D eigenvalue weighted by Crippen LogP contribution is -2.49. The van der Waals surface area contributed by atoms with Crippen molar-refractivity contribution in [3.8, 4) is 0 Å². The molecule has 22 heavy (non-hydrogen) atoms. The van der Waals surface area contributed by atoms with E-state index in [9.17, 15) is 14.7 Å². The number of carbonyl (C=O) groups is 2. The van der Waals surface area contributed by atoms with E-state index in [0.29, 0.717) is 13.1 Å². The summed E-state index contributed by atoms with van der Waals surface area (Å²) in [5.41, 5.74) is 0. The zero-order chi connectivity index (χ0) is 16.7.